The van der Waals surface area contributed by atoms with Crippen molar-refractivity contribution in [2.24, 2.45) is 35.0 Å². The molecular formula is C21H32O5. The fourth-order valence-electron chi connectivity index (χ4n) is 7.23. The van der Waals surface area contributed by atoms with E-state index in [4.69, 9.17) is 5.11 Å². The minimum absolute atomic E-state index is 0.0741. The van der Waals surface area contributed by atoms with E-state index in [1.165, 1.54) is 38.5 Å². The van der Waals surface area contributed by atoms with Gasteiger partial charge in [-0.3, -0.25) is 4.79 Å². The fourth-order valence-corrected chi connectivity index (χ4v) is 7.23. The quantitative estimate of drug-likeness (QED) is 0.542. The van der Waals surface area contributed by atoms with Crippen LogP contribution < -0.4 is 0 Å². The topological polar surface area (TPSA) is 98.0 Å². The summed E-state index contributed by atoms with van der Waals surface area (Å²) in [6.07, 6.45) is 10.1. The van der Waals surface area contributed by atoms with E-state index in [0.717, 1.165) is 30.6 Å². The van der Waals surface area contributed by atoms with Crippen LogP contribution in [0.5, 0.6) is 0 Å². The van der Waals surface area contributed by atoms with Gasteiger partial charge in [0.1, 0.15) is 0 Å². The summed E-state index contributed by atoms with van der Waals surface area (Å²) in [5, 5.41) is 39.8. The first-order valence-electron chi connectivity index (χ1n) is 10.3. The van der Waals surface area contributed by atoms with Gasteiger partial charge in [0, 0.05) is 18.3 Å². The highest BCUT2D eigenvalue weighted by atomic mass is 16.4. The molecule has 5 nitrogen and oxygen atoms in total. The molecule has 0 radical (unpaired) electrons. The van der Waals surface area contributed by atoms with Crippen LogP contribution in [-0.4, -0.2) is 38.6 Å². The minimum Gasteiger partial charge on any atom is -0.512 e. The van der Waals surface area contributed by atoms with Crippen LogP contribution in [0, 0.1) is 35.0 Å². The van der Waals surface area contributed by atoms with Gasteiger partial charge in [-0.1, -0.05) is 0 Å². The molecule has 4 atom stereocenters. The van der Waals surface area contributed by atoms with Gasteiger partial charge in [-0.15, -0.1) is 0 Å². The van der Waals surface area contributed by atoms with E-state index < -0.39 is 30.0 Å². The summed E-state index contributed by atoms with van der Waals surface area (Å²) in [7, 11) is 0. The average molecular weight is 364 g/mol. The molecule has 0 aliphatic heterocycles. The molecule has 5 aliphatic carbocycles. The number of hydrogen-bond acceptors (Lipinski definition) is 4. The normalized spacial score (nSPS) is 47.5. The SMILES string of the molecule is O=C(O)C[C@@H]1[C@@H](C(O)=CCCC23CC4CC(CC(C4)C2)C3)[C@H](O)C[C@@H]1O. The van der Waals surface area contributed by atoms with Crippen molar-refractivity contribution in [1.82, 2.24) is 0 Å². The molecule has 5 fully saturated rings. The first-order chi connectivity index (χ1) is 12.3. The van der Waals surface area contributed by atoms with E-state index in [1.54, 1.807) is 6.08 Å². The fraction of sp³-hybridized carbons (Fsp3) is 0.857. The van der Waals surface area contributed by atoms with Crippen LogP contribution in [0.15, 0.2) is 11.8 Å². The molecular weight excluding hydrogens is 332 g/mol. The van der Waals surface area contributed by atoms with Crippen LogP contribution in [0.2, 0.25) is 0 Å². The number of rotatable bonds is 6. The molecule has 5 heteroatoms. The summed E-state index contributed by atoms with van der Waals surface area (Å²) < 4.78 is 0. The largest absolute Gasteiger partial charge is 0.512 e. The second kappa shape index (κ2) is 6.83. The molecule has 5 saturated carbocycles. The maximum atomic E-state index is 11.1. The van der Waals surface area contributed by atoms with Crippen LogP contribution in [0.3, 0.4) is 0 Å². The van der Waals surface area contributed by atoms with E-state index in [1.807, 2.05) is 0 Å². The van der Waals surface area contributed by atoms with Gasteiger partial charge < -0.3 is 20.4 Å². The molecule has 0 aromatic carbocycles. The smallest absolute Gasteiger partial charge is 0.303 e. The van der Waals surface area contributed by atoms with Gasteiger partial charge in [-0.2, -0.15) is 0 Å². The van der Waals surface area contributed by atoms with E-state index in [0.29, 0.717) is 5.41 Å². The lowest BCUT2D eigenvalue weighted by Crippen LogP contribution is -2.45. The standard InChI is InChI=1S/C21H32O5/c22-16(20-15(7-19(25)26)17(23)8-18(20)24)2-1-3-21-9-12-4-13(10-21)6-14(5-12)11-21/h2,12-15,17-18,20,22-24H,1,3-11H2,(H,25,26)/t12?,13?,14?,15-,17-,18+,20-,21?/m0/s1. The number of carboxylic acids is 1. The van der Waals surface area contributed by atoms with Gasteiger partial charge in [0.05, 0.1) is 24.4 Å². The third kappa shape index (κ3) is 3.40. The lowest BCUT2D eigenvalue weighted by atomic mass is 9.48. The number of aliphatic carboxylic acids is 1. The highest BCUT2D eigenvalue weighted by Gasteiger charge is 2.50. The number of aliphatic hydroxyl groups is 3. The molecule has 0 heterocycles. The van der Waals surface area contributed by atoms with Crippen LogP contribution >= 0.6 is 0 Å². The second-order valence-electron chi connectivity index (χ2n) is 9.74. The first kappa shape index (κ1) is 18.3. The Kier molecular flexibility index (Phi) is 4.81. The van der Waals surface area contributed by atoms with Crippen molar-refractivity contribution < 1.29 is 25.2 Å². The van der Waals surface area contributed by atoms with Crippen LogP contribution in [-0.2, 0) is 4.79 Å². The van der Waals surface area contributed by atoms with Crippen molar-refractivity contribution in [3.05, 3.63) is 11.8 Å². The van der Waals surface area contributed by atoms with Crippen molar-refractivity contribution in [1.29, 1.82) is 0 Å². The number of aliphatic hydroxyl groups excluding tert-OH is 3. The van der Waals surface area contributed by atoms with Gasteiger partial charge in [-0.25, -0.2) is 0 Å². The Hall–Kier alpha value is -1.07. The maximum Gasteiger partial charge on any atom is 0.303 e. The summed E-state index contributed by atoms with van der Waals surface area (Å²) in [5.41, 5.74) is 0.444. The summed E-state index contributed by atoms with van der Waals surface area (Å²) in [6.45, 7) is 0. The molecule has 4 N–H and O–H groups in total. The molecule has 0 spiro atoms. The van der Waals surface area contributed by atoms with Gasteiger partial charge in [0.25, 0.3) is 0 Å². The summed E-state index contributed by atoms with van der Waals surface area (Å²) in [5.74, 6) is 0.525. The van der Waals surface area contributed by atoms with E-state index in [-0.39, 0.29) is 18.6 Å². The second-order valence-corrected chi connectivity index (χ2v) is 9.74. The number of carboxylic acid groups (broad SMARTS) is 1. The summed E-state index contributed by atoms with van der Waals surface area (Å²) in [6, 6.07) is 0. The van der Waals surface area contributed by atoms with Gasteiger partial charge in [-0.05, 0) is 80.6 Å². The van der Waals surface area contributed by atoms with Gasteiger partial charge >= 0.3 is 5.97 Å². The molecule has 146 valence electrons. The van der Waals surface area contributed by atoms with Crippen molar-refractivity contribution in [2.75, 3.05) is 0 Å². The zero-order valence-electron chi connectivity index (χ0n) is 15.4. The van der Waals surface area contributed by atoms with E-state index in [2.05, 4.69) is 0 Å². The molecule has 0 aromatic heterocycles. The molecule has 0 unspecified atom stereocenters. The third-order valence-corrected chi connectivity index (χ3v) is 7.80. The maximum absolute atomic E-state index is 11.1. The number of allylic oxidation sites excluding steroid dienone is 1. The Morgan fingerprint density at radius 1 is 0.923 bits per heavy atom. The van der Waals surface area contributed by atoms with Crippen LogP contribution in [0.25, 0.3) is 0 Å². The Bertz CT molecular complexity index is 548. The molecule has 4 bridgehead atoms. The number of hydrogen-bond donors (Lipinski definition) is 4. The predicted molar refractivity (Wildman–Crippen MR) is 96.4 cm³/mol. The monoisotopic (exact) mass is 364 g/mol. The molecule has 5 rings (SSSR count). The van der Waals surface area contributed by atoms with Crippen LogP contribution in [0.1, 0.15) is 64.2 Å². The Morgan fingerprint density at radius 2 is 1.50 bits per heavy atom. The highest BCUT2D eigenvalue weighted by Crippen LogP contribution is 2.61. The highest BCUT2D eigenvalue weighted by molar-refractivity contribution is 5.67. The van der Waals surface area contributed by atoms with Crippen molar-refractivity contribution in [3.8, 4) is 0 Å². The Morgan fingerprint density at radius 3 is 2.04 bits per heavy atom. The van der Waals surface area contributed by atoms with Crippen molar-refractivity contribution in [2.45, 2.75) is 76.4 Å². The Balaban J connectivity index is 1.39. The lowest BCUT2D eigenvalue weighted by Gasteiger charge is -2.57. The average Bonchev–Trinajstić information content (AvgIpc) is 2.79. The zero-order chi connectivity index (χ0) is 18.5. The van der Waals surface area contributed by atoms with Gasteiger partial charge in [0.15, 0.2) is 0 Å². The molecule has 5 aliphatic rings. The molecule has 0 amide bonds. The number of carbonyl (C=O) groups is 1. The van der Waals surface area contributed by atoms with Gasteiger partial charge in [0.2, 0.25) is 0 Å². The third-order valence-electron chi connectivity index (χ3n) is 7.80. The van der Waals surface area contributed by atoms with Crippen molar-refractivity contribution in [3.63, 3.8) is 0 Å². The van der Waals surface area contributed by atoms with Crippen molar-refractivity contribution >= 4 is 5.97 Å². The summed E-state index contributed by atoms with van der Waals surface area (Å²) in [4.78, 5) is 11.1. The first-order valence-corrected chi connectivity index (χ1v) is 10.3. The zero-order valence-corrected chi connectivity index (χ0v) is 15.4. The Labute approximate surface area is 155 Å². The minimum atomic E-state index is -1.01. The van der Waals surface area contributed by atoms with Crippen LogP contribution in [0.4, 0.5) is 0 Å². The molecule has 0 saturated heterocycles. The molecule has 0 aromatic rings. The van der Waals surface area contributed by atoms with E-state index >= 15 is 0 Å². The summed E-state index contributed by atoms with van der Waals surface area (Å²) >= 11 is 0. The predicted octanol–water partition coefficient (Wildman–Crippen LogP) is 3.26. The lowest BCUT2D eigenvalue weighted by molar-refractivity contribution is -0.139. The molecule has 26 heavy (non-hydrogen) atoms. The van der Waals surface area contributed by atoms with E-state index in [9.17, 15) is 20.1 Å².